The van der Waals surface area contributed by atoms with Crippen molar-refractivity contribution >= 4 is 17.4 Å². The molecule has 1 aliphatic rings. The topological polar surface area (TPSA) is 70.1 Å². The van der Waals surface area contributed by atoms with Crippen LogP contribution in [-0.2, 0) is 9.59 Å². The summed E-state index contributed by atoms with van der Waals surface area (Å²) in [5.41, 5.74) is 2.24. The lowest BCUT2D eigenvalue weighted by Gasteiger charge is -2.28. The molecule has 0 aliphatic carbocycles. The normalized spacial score (nSPS) is 18.1. The van der Waals surface area contributed by atoms with Gasteiger partial charge in [0.2, 0.25) is 0 Å². The summed E-state index contributed by atoms with van der Waals surface area (Å²) in [6, 6.07) is 14.0. The van der Waals surface area contributed by atoms with Gasteiger partial charge >= 0.3 is 0 Å². The fraction of sp³-hybridized carbons (Fsp3) is 0.360. The molecule has 1 fully saturated rings. The number of methoxy groups -OCH3 is 1. The maximum atomic E-state index is 13.1. The van der Waals surface area contributed by atoms with Crippen molar-refractivity contribution in [3.63, 3.8) is 0 Å². The van der Waals surface area contributed by atoms with Gasteiger partial charge in [-0.2, -0.15) is 0 Å². The summed E-state index contributed by atoms with van der Waals surface area (Å²) in [7, 11) is 1.58. The lowest BCUT2D eigenvalue weighted by Crippen LogP contribution is -2.38. The van der Waals surface area contributed by atoms with Crippen molar-refractivity contribution in [2.24, 2.45) is 0 Å². The third-order valence-electron chi connectivity index (χ3n) is 5.88. The summed E-state index contributed by atoms with van der Waals surface area (Å²) in [5, 5.41) is 11.1. The van der Waals surface area contributed by atoms with Gasteiger partial charge in [0.1, 0.15) is 11.5 Å². The Labute approximate surface area is 183 Å². The van der Waals surface area contributed by atoms with Crippen molar-refractivity contribution in [3.05, 3.63) is 70.8 Å². The Morgan fingerprint density at radius 1 is 1.10 bits per heavy atom. The van der Waals surface area contributed by atoms with Gasteiger partial charge in [-0.25, -0.2) is 0 Å². The molecular formula is C25H30N2O4. The number of likely N-dealkylation sites (tertiary alicyclic amines) is 1. The van der Waals surface area contributed by atoms with E-state index in [4.69, 9.17) is 4.74 Å². The minimum atomic E-state index is -0.653. The van der Waals surface area contributed by atoms with Crippen LogP contribution in [0.4, 0.5) is 0 Å². The number of likely N-dealkylation sites (N-methyl/N-ethyl adjacent to an activating group) is 1. The Hall–Kier alpha value is -3.12. The molecule has 0 radical (unpaired) electrons. The molecule has 1 atom stereocenters. The number of carbonyl (C=O) groups excluding carboxylic acids is 2. The Balaban J connectivity index is 2.08. The molecule has 31 heavy (non-hydrogen) atoms. The zero-order valence-corrected chi connectivity index (χ0v) is 18.6. The van der Waals surface area contributed by atoms with Crippen molar-refractivity contribution in [1.82, 2.24) is 9.80 Å². The lowest BCUT2D eigenvalue weighted by molar-refractivity contribution is -0.140. The van der Waals surface area contributed by atoms with Gasteiger partial charge < -0.3 is 19.6 Å². The van der Waals surface area contributed by atoms with E-state index >= 15 is 0 Å². The maximum absolute atomic E-state index is 13.1. The number of carbonyl (C=O) groups is 2. The summed E-state index contributed by atoms with van der Waals surface area (Å²) in [4.78, 5) is 29.8. The number of aryl methyl sites for hydroxylation is 1. The second-order valence-electron chi connectivity index (χ2n) is 7.61. The molecule has 0 aromatic heterocycles. The number of ether oxygens (including phenoxy) is 1. The molecule has 1 unspecified atom stereocenters. The van der Waals surface area contributed by atoms with Gasteiger partial charge in [0.15, 0.2) is 0 Å². The van der Waals surface area contributed by atoms with E-state index in [-0.39, 0.29) is 11.3 Å². The number of hydrogen-bond acceptors (Lipinski definition) is 5. The largest absolute Gasteiger partial charge is 0.507 e. The molecule has 0 bridgehead atoms. The summed E-state index contributed by atoms with van der Waals surface area (Å²) in [6.07, 6.45) is 0. The van der Waals surface area contributed by atoms with E-state index in [1.54, 1.807) is 30.2 Å². The number of Topliss-reactive ketones (excluding diaryl/α,β-unsaturated/α-hetero) is 1. The molecule has 0 spiro atoms. The van der Waals surface area contributed by atoms with Crippen LogP contribution in [0.3, 0.4) is 0 Å². The highest BCUT2D eigenvalue weighted by Gasteiger charge is 2.45. The van der Waals surface area contributed by atoms with Crippen molar-refractivity contribution in [2.45, 2.75) is 26.8 Å². The van der Waals surface area contributed by atoms with E-state index in [1.165, 1.54) is 0 Å². The van der Waals surface area contributed by atoms with Gasteiger partial charge in [0.25, 0.3) is 11.7 Å². The number of amides is 1. The third kappa shape index (κ3) is 4.49. The zero-order valence-electron chi connectivity index (χ0n) is 18.6. The zero-order chi connectivity index (χ0) is 22.5. The number of ketones is 1. The van der Waals surface area contributed by atoms with Crippen LogP contribution in [0.25, 0.3) is 5.76 Å². The number of aliphatic hydroxyl groups is 1. The molecule has 164 valence electrons. The van der Waals surface area contributed by atoms with Crippen LogP contribution in [0.15, 0.2) is 54.1 Å². The highest BCUT2D eigenvalue weighted by Crippen LogP contribution is 2.39. The summed E-state index contributed by atoms with van der Waals surface area (Å²) >= 11 is 0. The molecule has 6 heteroatoms. The number of nitrogens with zero attached hydrogens (tertiary/aromatic N) is 2. The number of rotatable bonds is 8. The molecule has 1 amide bonds. The van der Waals surface area contributed by atoms with Gasteiger partial charge in [0.05, 0.1) is 18.7 Å². The first kappa shape index (κ1) is 22.6. The van der Waals surface area contributed by atoms with Crippen molar-refractivity contribution in [3.8, 4) is 5.75 Å². The van der Waals surface area contributed by atoms with E-state index in [0.717, 1.165) is 24.2 Å². The standard InChI is InChI=1S/C25H30N2O4/c1-5-26(6-2)14-15-27-22(18-10-8-7-9-11-18)21(24(29)25(27)30)23(28)19-12-13-20(31-4)17(3)16-19/h7-13,16,22,28H,5-6,14-15H2,1-4H3/b23-21+. The lowest BCUT2D eigenvalue weighted by atomic mass is 9.95. The van der Waals surface area contributed by atoms with Crippen molar-refractivity contribution in [1.29, 1.82) is 0 Å². The Kier molecular flexibility index (Phi) is 7.13. The summed E-state index contributed by atoms with van der Waals surface area (Å²) in [6.45, 7) is 8.79. The smallest absolute Gasteiger partial charge is 0.295 e. The summed E-state index contributed by atoms with van der Waals surface area (Å²) in [5.74, 6) is -0.703. The summed E-state index contributed by atoms with van der Waals surface area (Å²) < 4.78 is 5.29. The Bertz CT molecular complexity index is 980. The van der Waals surface area contributed by atoms with Gasteiger partial charge in [-0.1, -0.05) is 44.2 Å². The number of benzene rings is 2. The van der Waals surface area contributed by atoms with Gasteiger partial charge in [0, 0.05) is 18.7 Å². The minimum Gasteiger partial charge on any atom is -0.507 e. The van der Waals surface area contributed by atoms with E-state index in [1.807, 2.05) is 37.3 Å². The first-order valence-electron chi connectivity index (χ1n) is 10.6. The van der Waals surface area contributed by atoms with E-state index < -0.39 is 17.7 Å². The van der Waals surface area contributed by atoms with Crippen LogP contribution < -0.4 is 4.74 Å². The Morgan fingerprint density at radius 3 is 2.35 bits per heavy atom. The van der Waals surface area contributed by atoms with Gasteiger partial charge in [-0.3, -0.25) is 9.59 Å². The van der Waals surface area contributed by atoms with E-state index in [0.29, 0.717) is 24.4 Å². The number of aliphatic hydroxyl groups excluding tert-OH is 1. The first-order chi connectivity index (χ1) is 14.9. The van der Waals surface area contributed by atoms with E-state index in [9.17, 15) is 14.7 Å². The molecule has 6 nitrogen and oxygen atoms in total. The SMILES string of the molecule is CCN(CC)CCN1C(=O)C(=O)/C(=C(/O)c2ccc(OC)c(C)c2)C1c1ccccc1. The van der Waals surface area contributed by atoms with Gasteiger partial charge in [-0.05, 0) is 49.3 Å². The highest BCUT2D eigenvalue weighted by molar-refractivity contribution is 6.46. The number of hydrogen-bond donors (Lipinski definition) is 1. The van der Waals surface area contributed by atoms with Gasteiger partial charge in [-0.15, -0.1) is 0 Å². The molecule has 1 heterocycles. The first-order valence-corrected chi connectivity index (χ1v) is 10.6. The van der Waals surface area contributed by atoms with Crippen molar-refractivity contribution < 1.29 is 19.4 Å². The van der Waals surface area contributed by atoms with Crippen LogP contribution >= 0.6 is 0 Å². The minimum absolute atomic E-state index is 0.125. The quantitative estimate of drug-likeness (QED) is 0.398. The molecule has 2 aromatic rings. The molecule has 0 saturated carbocycles. The fourth-order valence-corrected chi connectivity index (χ4v) is 4.06. The maximum Gasteiger partial charge on any atom is 0.295 e. The third-order valence-corrected chi connectivity index (χ3v) is 5.88. The molecular weight excluding hydrogens is 392 g/mol. The van der Waals surface area contributed by atoms with Crippen LogP contribution in [0, 0.1) is 6.92 Å². The predicted molar refractivity (Wildman–Crippen MR) is 121 cm³/mol. The predicted octanol–water partition coefficient (Wildman–Crippen LogP) is 3.77. The molecule has 1 saturated heterocycles. The van der Waals surface area contributed by atoms with Crippen molar-refractivity contribution in [2.75, 3.05) is 33.3 Å². The van der Waals surface area contributed by atoms with Crippen LogP contribution in [0.5, 0.6) is 5.75 Å². The molecule has 3 rings (SSSR count). The van der Waals surface area contributed by atoms with Crippen LogP contribution in [0.1, 0.15) is 36.6 Å². The average Bonchev–Trinajstić information content (AvgIpc) is 3.04. The Morgan fingerprint density at radius 2 is 1.77 bits per heavy atom. The second kappa shape index (κ2) is 9.79. The second-order valence-corrected chi connectivity index (χ2v) is 7.61. The molecule has 2 aromatic carbocycles. The van der Waals surface area contributed by atoms with Crippen LogP contribution in [-0.4, -0.2) is 59.9 Å². The molecule has 1 N–H and O–H groups in total. The molecule has 1 aliphatic heterocycles. The monoisotopic (exact) mass is 422 g/mol. The fourth-order valence-electron chi connectivity index (χ4n) is 4.06. The highest BCUT2D eigenvalue weighted by atomic mass is 16.5. The van der Waals surface area contributed by atoms with Crippen LogP contribution in [0.2, 0.25) is 0 Å². The van der Waals surface area contributed by atoms with E-state index in [2.05, 4.69) is 18.7 Å². The average molecular weight is 423 g/mol.